The van der Waals surface area contributed by atoms with Crippen LogP contribution in [0.3, 0.4) is 0 Å². The van der Waals surface area contributed by atoms with Crippen LogP contribution in [-0.4, -0.2) is 41.6 Å². The summed E-state index contributed by atoms with van der Waals surface area (Å²) in [7, 11) is 0. The summed E-state index contributed by atoms with van der Waals surface area (Å²) in [5, 5.41) is 3.88. The second-order valence-electron chi connectivity index (χ2n) is 8.82. The predicted molar refractivity (Wildman–Crippen MR) is 146 cm³/mol. The van der Waals surface area contributed by atoms with Crippen LogP contribution in [-0.2, 0) is 14.3 Å². The minimum absolute atomic E-state index is 0.0892. The van der Waals surface area contributed by atoms with Gasteiger partial charge in [-0.2, -0.15) is 0 Å². The molecule has 2 aromatic rings. The fourth-order valence-corrected chi connectivity index (χ4v) is 5.81. The van der Waals surface area contributed by atoms with E-state index in [4.69, 9.17) is 25.8 Å². The van der Waals surface area contributed by atoms with Gasteiger partial charge in [0.1, 0.15) is 11.5 Å². The van der Waals surface area contributed by atoms with Crippen LogP contribution < -0.4 is 14.8 Å². The number of carbonyl (C=O) groups excluding carboxylic acids is 2. The molecule has 1 N–H and O–H groups in total. The fourth-order valence-electron chi connectivity index (χ4n) is 4.42. The zero-order valence-corrected chi connectivity index (χ0v) is 23.1. The largest absolute Gasteiger partial charge is 0.493 e. The Bertz CT molecular complexity index is 1260. The van der Waals surface area contributed by atoms with Gasteiger partial charge in [-0.05, 0) is 65.0 Å². The fraction of sp³-hybridized carbons (Fsp3) is 0.357. The van der Waals surface area contributed by atoms with Gasteiger partial charge in [-0.1, -0.05) is 41.6 Å². The number of rotatable bonds is 8. The molecule has 2 aromatic carbocycles. The number of benzene rings is 2. The van der Waals surface area contributed by atoms with Crippen LogP contribution >= 0.6 is 23.4 Å². The number of allylic oxidation sites excluding steroid dienone is 1. The average molecular weight is 543 g/mol. The number of hydrogen-bond acceptors (Lipinski definition) is 7. The van der Waals surface area contributed by atoms with Crippen LogP contribution in [0.15, 0.2) is 58.6 Å². The Morgan fingerprint density at radius 3 is 2.62 bits per heavy atom. The van der Waals surface area contributed by atoms with Crippen molar-refractivity contribution in [2.75, 3.05) is 13.2 Å². The van der Waals surface area contributed by atoms with E-state index in [2.05, 4.69) is 5.32 Å². The number of thioether (sulfide) groups is 1. The molecule has 196 valence electrons. The first-order valence-corrected chi connectivity index (χ1v) is 13.5. The van der Waals surface area contributed by atoms with Gasteiger partial charge in [0.15, 0.2) is 5.50 Å². The number of nitrogens with zero attached hydrogens (tertiary/aromatic N) is 1. The molecule has 0 aliphatic carbocycles. The number of carbonyl (C=O) groups is 2. The maximum atomic E-state index is 14.0. The molecule has 0 bridgehead atoms. The second kappa shape index (κ2) is 11.5. The SMILES string of the molecule is CCOC(=O)C1=C(C)N[C@H]2S/C(=C\c3cc(Cl)ccc3OCC)C(=O)N2[C@H]1c1ccccc1OC(C)C. The highest BCUT2D eigenvalue weighted by atomic mass is 35.5. The Kier molecular flexibility index (Phi) is 8.39. The van der Waals surface area contributed by atoms with E-state index in [9.17, 15) is 9.59 Å². The van der Waals surface area contributed by atoms with Crippen LogP contribution in [0.2, 0.25) is 5.02 Å². The molecule has 37 heavy (non-hydrogen) atoms. The molecule has 0 unspecified atom stereocenters. The molecule has 7 nitrogen and oxygen atoms in total. The van der Waals surface area contributed by atoms with Crippen LogP contribution in [0.25, 0.3) is 6.08 Å². The summed E-state index contributed by atoms with van der Waals surface area (Å²) >= 11 is 7.63. The Morgan fingerprint density at radius 1 is 1.16 bits per heavy atom. The lowest BCUT2D eigenvalue weighted by Gasteiger charge is -2.39. The zero-order valence-electron chi connectivity index (χ0n) is 21.5. The van der Waals surface area contributed by atoms with E-state index >= 15 is 0 Å². The Labute approximate surface area is 226 Å². The number of hydrogen-bond donors (Lipinski definition) is 1. The third-order valence-electron chi connectivity index (χ3n) is 5.86. The summed E-state index contributed by atoms with van der Waals surface area (Å²) in [6.45, 7) is 10.1. The molecule has 1 amide bonds. The van der Waals surface area contributed by atoms with Crippen molar-refractivity contribution in [1.82, 2.24) is 10.2 Å². The number of esters is 1. The van der Waals surface area contributed by atoms with Gasteiger partial charge in [-0.25, -0.2) is 4.79 Å². The van der Waals surface area contributed by atoms with Gasteiger partial charge in [0.2, 0.25) is 0 Å². The quantitative estimate of drug-likeness (QED) is 0.328. The lowest BCUT2D eigenvalue weighted by atomic mass is 9.93. The molecule has 2 atom stereocenters. The molecule has 1 fully saturated rings. The summed E-state index contributed by atoms with van der Waals surface area (Å²) in [5.41, 5.74) is 2.04. The van der Waals surface area contributed by atoms with Gasteiger partial charge >= 0.3 is 5.97 Å². The molecule has 0 spiro atoms. The Morgan fingerprint density at radius 2 is 1.92 bits per heavy atom. The van der Waals surface area contributed by atoms with Crippen molar-refractivity contribution in [3.05, 3.63) is 74.8 Å². The first-order valence-electron chi connectivity index (χ1n) is 12.3. The third kappa shape index (κ3) is 5.60. The number of amides is 1. The van der Waals surface area contributed by atoms with Gasteiger partial charge in [-0.15, -0.1) is 0 Å². The molecule has 0 radical (unpaired) electrons. The van der Waals surface area contributed by atoms with Gasteiger partial charge in [0, 0.05) is 21.8 Å². The Hall–Kier alpha value is -3.10. The normalized spacial score (nSPS) is 20.2. The lowest BCUT2D eigenvalue weighted by molar-refractivity contribution is -0.140. The summed E-state index contributed by atoms with van der Waals surface area (Å²) in [4.78, 5) is 29.3. The van der Waals surface area contributed by atoms with E-state index in [0.29, 0.717) is 44.9 Å². The summed E-state index contributed by atoms with van der Waals surface area (Å²) in [6, 6.07) is 12.1. The molecule has 0 saturated carbocycles. The number of halogens is 1. The first-order chi connectivity index (χ1) is 17.7. The number of para-hydroxylation sites is 1. The van der Waals surface area contributed by atoms with Crippen molar-refractivity contribution in [1.29, 1.82) is 0 Å². The molecular formula is C28H31ClN2O5S. The number of nitrogens with one attached hydrogen (secondary N) is 1. The molecule has 1 saturated heterocycles. The summed E-state index contributed by atoms with van der Waals surface area (Å²) in [5.74, 6) is 0.559. The second-order valence-corrected chi connectivity index (χ2v) is 10.4. The molecule has 9 heteroatoms. The monoisotopic (exact) mass is 542 g/mol. The highest BCUT2D eigenvalue weighted by Gasteiger charge is 2.48. The minimum Gasteiger partial charge on any atom is -0.493 e. The van der Waals surface area contributed by atoms with E-state index in [1.165, 1.54) is 11.8 Å². The third-order valence-corrected chi connectivity index (χ3v) is 7.21. The molecule has 0 aromatic heterocycles. The molecular weight excluding hydrogens is 512 g/mol. The van der Waals surface area contributed by atoms with E-state index in [-0.39, 0.29) is 18.6 Å². The van der Waals surface area contributed by atoms with Gasteiger partial charge in [0.25, 0.3) is 5.91 Å². The van der Waals surface area contributed by atoms with Crippen LogP contribution in [0.1, 0.15) is 51.8 Å². The minimum atomic E-state index is -0.697. The lowest BCUT2D eigenvalue weighted by Crippen LogP contribution is -2.50. The van der Waals surface area contributed by atoms with Crippen molar-refractivity contribution in [2.45, 2.75) is 52.3 Å². The highest BCUT2D eigenvalue weighted by Crippen LogP contribution is 2.48. The van der Waals surface area contributed by atoms with E-state index < -0.39 is 17.5 Å². The van der Waals surface area contributed by atoms with Crippen molar-refractivity contribution < 1.29 is 23.8 Å². The van der Waals surface area contributed by atoms with Crippen molar-refractivity contribution >= 4 is 41.3 Å². The van der Waals surface area contributed by atoms with Gasteiger partial charge in [-0.3, -0.25) is 9.69 Å². The van der Waals surface area contributed by atoms with E-state index in [1.54, 1.807) is 36.1 Å². The summed E-state index contributed by atoms with van der Waals surface area (Å²) < 4.78 is 17.3. The molecule has 2 aliphatic heterocycles. The summed E-state index contributed by atoms with van der Waals surface area (Å²) in [6.07, 6.45) is 1.70. The molecule has 2 aliphatic rings. The predicted octanol–water partition coefficient (Wildman–Crippen LogP) is 5.91. The van der Waals surface area contributed by atoms with Crippen molar-refractivity contribution in [3.63, 3.8) is 0 Å². The van der Waals surface area contributed by atoms with E-state index in [1.807, 2.05) is 52.0 Å². The highest BCUT2D eigenvalue weighted by molar-refractivity contribution is 8.05. The number of fused-ring (bicyclic) bond motifs is 1. The number of ether oxygens (including phenoxy) is 3. The Balaban J connectivity index is 1.83. The van der Waals surface area contributed by atoms with Crippen LogP contribution in [0, 0.1) is 0 Å². The van der Waals surface area contributed by atoms with Crippen LogP contribution in [0.4, 0.5) is 0 Å². The molecule has 4 rings (SSSR count). The first kappa shape index (κ1) is 26.9. The maximum Gasteiger partial charge on any atom is 0.338 e. The smallest absolute Gasteiger partial charge is 0.338 e. The average Bonchev–Trinajstić information content (AvgIpc) is 3.14. The topological polar surface area (TPSA) is 77.1 Å². The zero-order chi connectivity index (χ0) is 26.7. The maximum absolute atomic E-state index is 14.0. The van der Waals surface area contributed by atoms with E-state index in [0.717, 1.165) is 5.56 Å². The van der Waals surface area contributed by atoms with Gasteiger partial charge < -0.3 is 19.5 Å². The molecule has 2 heterocycles. The van der Waals surface area contributed by atoms with Crippen molar-refractivity contribution in [3.8, 4) is 11.5 Å². The van der Waals surface area contributed by atoms with Crippen LogP contribution in [0.5, 0.6) is 11.5 Å². The van der Waals surface area contributed by atoms with Crippen molar-refractivity contribution in [2.24, 2.45) is 0 Å². The van der Waals surface area contributed by atoms with Gasteiger partial charge in [0.05, 0.1) is 35.8 Å². The standard InChI is InChI=1S/C28H31ClN2O5S/c1-6-34-21-13-12-19(29)14-18(21)15-23-26(32)31-25(20-10-8-9-11-22(20)36-16(3)4)24(27(33)35-7-2)17(5)30-28(31)37-23/h8-16,25,28,30H,6-7H2,1-5H3/b23-15-/t25-,28+/m0/s1.